The second-order valence-electron chi connectivity index (χ2n) is 8.26. The van der Waals surface area contributed by atoms with Crippen LogP contribution in [0.3, 0.4) is 0 Å². The van der Waals surface area contributed by atoms with Crippen LogP contribution in [0.2, 0.25) is 0 Å². The van der Waals surface area contributed by atoms with Gasteiger partial charge in [0.25, 0.3) is 10.0 Å². The fraction of sp³-hybridized carbons (Fsp3) is 0.478. The maximum Gasteiger partial charge on any atom is 0.268 e. The Morgan fingerprint density at radius 3 is 2.48 bits per heavy atom. The molecule has 2 heterocycles. The fourth-order valence-corrected chi connectivity index (χ4v) is 6.51. The van der Waals surface area contributed by atoms with E-state index in [0.717, 1.165) is 18.7 Å². The third-order valence-corrected chi connectivity index (χ3v) is 8.29. The first-order valence-electron chi connectivity index (χ1n) is 10.9. The number of amides is 1. The van der Waals surface area contributed by atoms with Gasteiger partial charge in [-0.1, -0.05) is 25.1 Å². The summed E-state index contributed by atoms with van der Waals surface area (Å²) in [5.41, 5.74) is 2.45. The lowest BCUT2D eigenvalue weighted by molar-refractivity contribution is -0.132. The first-order valence-corrected chi connectivity index (χ1v) is 12.4. The molecule has 1 fully saturated rings. The molecule has 0 radical (unpaired) electrons. The standard InChI is InChI=1S/C23H29N3O4S/c1-3-19-16(2)26(31(29,30)18-7-5-4-6-8-18)20-10-9-17(23(28)22(19)20)15-21(27)25-13-11-24-12-14-25/h4-8,17,24H,3,9-15H2,1-2H3. The van der Waals surface area contributed by atoms with Crippen molar-refractivity contribution in [3.05, 3.63) is 52.8 Å². The Labute approximate surface area is 183 Å². The van der Waals surface area contributed by atoms with Crippen LogP contribution in [-0.4, -0.2) is 55.2 Å². The predicted molar refractivity (Wildman–Crippen MR) is 118 cm³/mol. The van der Waals surface area contributed by atoms with Crippen LogP contribution in [-0.2, 0) is 27.7 Å². The number of aromatic nitrogens is 1. The summed E-state index contributed by atoms with van der Waals surface area (Å²) in [6.45, 7) is 6.57. The molecule has 1 aliphatic heterocycles. The number of ketones is 1. The lowest BCUT2D eigenvalue weighted by Crippen LogP contribution is -2.47. The Balaban J connectivity index is 1.69. The lowest BCUT2D eigenvalue weighted by atomic mass is 9.82. The first-order chi connectivity index (χ1) is 14.9. The molecular formula is C23H29N3O4S. The van der Waals surface area contributed by atoms with Crippen molar-refractivity contribution in [3.63, 3.8) is 0 Å². The smallest absolute Gasteiger partial charge is 0.268 e. The Bertz CT molecular complexity index is 1100. The summed E-state index contributed by atoms with van der Waals surface area (Å²) in [4.78, 5) is 28.2. The highest BCUT2D eigenvalue weighted by molar-refractivity contribution is 7.90. The molecule has 7 nitrogen and oxygen atoms in total. The highest BCUT2D eigenvalue weighted by Crippen LogP contribution is 2.36. The van der Waals surface area contributed by atoms with Gasteiger partial charge in [0.2, 0.25) is 5.91 Å². The molecule has 1 unspecified atom stereocenters. The molecule has 2 aliphatic rings. The summed E-state index contributed by atoms with van der Waals surface area (Å²) in [5, 5.41) is 3.23. The number of carbonyl (C=O) groups is 2. The van der Waals surface area contributed by atoms with Gasteiger partial charge in [-0.3, -0.25) is 9.59 Å². The number of hydrogen-bond acceptors (Lipinski definition) is 5. The average Bonchev–Trinajstić information content (AvgIpc) is 3.09. The number of piperazine rings is 1. The maximum absolute atomic E-state index is 13.5. The van der Waals surface area contributed by atoms with Crippen molar-refractivity contribution in [2.75, 3.05) is 26.2 Å². The van der Waals surface area contributed by atoms with Gasteiger partial charge in [-0.2, -0.15) is 0 Å². The highest BCUT2D eigenvalue weighted by Gasteiger charge is 2.38. The average molecular weight is 444 g/mol. The van der Waals surface area contributed by atoms with E-state index in [1.54, 1.807) is 37.3 Å². The molecule has 1 amide bonds. The van der Waals surface area contributed by atoms with Gasteiger partial charge in [-0.15, -0.1) is 0 Å². The van der Waals surface area contributed by atoms with E-state index in [0.29, 0.717) is 49.3 Å². The topological polar surface area (TPSA) is 88.5 Å². The fourth-order valence-electron chi connectivity index (χ4n) is 4.85. The van der Waals surface area contributed by atoms with E-state index in [1.807, 2.05) is 11.8 Å². The number of fused-ring (bicyclic) bond motifs is 1. The molecule has 1 aromatic carbocycles. The molecule has 1 N–H and O–H groups in total. The molecule has 2 aromatic rings. The molecule has 0 saturated carbocycles. The summed E-state index contributed by atoms with van der Waals surface area (Å²) in [6, 6.07) is 8.32. The minimum atomic E-state index is -3.80. The molecular weight excluding hydrogens is 414 g/mol. The Hall–Kier alpha value is -2.45. The van der Waals surface area contributed by atoms with Crippen molar-refractivity contribution in [2.24, 2.45) is 5.92 Å². The van der Waals surface area contributed by atoms with Crippen LogP contribution in [0, 0.1) is 12.8 Å². The monoisotopic (exact) mass is 443 g/mol. The number of rotatable bonds is 5. The van der Waals surface area contributed by atoms with Crippen molar-refractivity contribution >= 4 is 21.7 Å². The summed E-state index contributed by atoms with van der Waals surface area (Å²) in [6.07, 6.45) is 1.71. The molecule has 0 bridgehead atoms. The maximum atomic E-state index is 13.5. The molecule has 8 heteroatoms. The number of carbonyl (C=O) groups excluding carboxylic acids is 2. The molecule has 4 rings (SSSR count). The zero-order valence-electron chi connectivity index (χ0n) is 18.1. The second-order valence-corrected chi connectivity index (χ2v) is 10.0. The van der Waals surface area contributed by atoms with Crippen molar-refractivity contribution in [3.8, 4) is 0 Å². The Morgan fingerprint density at radius 2 is 1.84 bits per heavy atom. The Kier molecular flexibility index (Phi) is 6.03. The minimum Gasteiger partial charge on any atom is -0.340 e. The van der Waals surface area contributed by atoms with E-state index in [9.17, 15) is 18.0 Å². The molecule has 1 aromatic heterocycles. The third kappa shape index (κ3) is 3.83. The number of hydrogen-bond donors (Lipinski definition) is 1. The van der Waals surface area contributed by atoms with Gasteiger partial charge >= 0.3 is 0 Å². The minimum absolute atomic E-state index is 0.00871. The second kappa shape index (κ2) is 8.59. The SMILES string of the molecule is CCc1c2c(n(S(=O)(=O)c3ccccc3)c1C)CCC(CC(=O)N1CCNCC1)C2=O. The summed E-state index contributed by atoms with van der Waals surface area (Å²) < 4.78 is 28.2. The van der Waals surface area contributed by atoms with Crippen molar-refractivity contribution in [1.82, 2.24) is 14.2 Å². The zero-order chi connectivity index (χ0) is 22.2. The summed E-state index contributed by atoms with van der Waals surface area (Å²) >= 11 is 0. The largest absolute Gasteiger partial charge is 0.340 e. The number of nitrogens with one attached hydrogen (secondary N) is 1. The highest BCUT2D eigenvalue weighted by atomic mass is 32.2. The molecule has 1 saturated heterocycles. The van der Waals surface area contributed by atoms with Crippen LogP contribution < -0.4 is 5.32 Å². The van der Waals surface area contributed by atoms with Gasteiger partial charge in [0.05, 0.1) is 4.90 Å². The quantitative estimate of drug-likeness (QED) is 0.765. The van der Waals surface area contributed by atoms with Crippen molar-refractivity contribution in [1.29, 1.82) is 0 Å². The van der Waals surface area contributed by atoms with Crippen LogP contribution in [0.15, 0.2) is 35.2 Å². The van der Waals surface area contributed by atoms with Crippen LogP contribution in [0.25, 0.3) is 0 Å². The van der Waals surface area contributed by atoms with E-state index < -0.39 is 15.9 Å². The molecule has 0 spiro atoms. The normalized spacial score (nSPS) is 19.4. The lowest BCUT2D eigenvalue weighted by Gasteiger charge is -2.30. The molecule has 31 heavy (non-hydrogen) atoms. The zero-order valence-corrected chi connectivity index (χ0v) is 18.9. The van der Waals surface area contributed by atoms with Crippen LogP contribution in [0.1, 0.15) is 47.1 Å². The number of Topliss-reactive ketones (excluding diaryl/α,β-unsaturated/α-hetero) is 1. The van der Waals surface area contributed by atoms with Gasteiger partial charge in [0, 0.05) is 55.5 Å². The van der Waals surface area contributed by atoms with Gasteiger partial charge in [-0.05, 0) is 43.9 Å². The number of benzene rings is 1. The first kappa shape index (κ1) is 21.8. The molecule has 1 aliphatic carbocycles. The van der Waals surface area contributed by atoms with E-state index >= 15 is 0 Å². The van der Waals surface area contributed by atoms with E-state index in [1.165, 1.54) is 3.97 Å². The van der Waals surface area contributed by atoms with E-state index in [4.69, 9.17) is 0 Å². The molecule has 166 valence electrons. The summed E-state index contributed by atoms with van der Waals surface area (Å²) in [7, 11) is -3.80. The van der Waals surface area contributed by atoms with Gasteiger partial charge < -0.3 is 10.2 Å². The summed E-state index contributed by atoms with van der Waals surface area (Å²) in [5.74, 6) is -0.476. The van der Waals surface area contributed by atoms with Crippen molar-refractivity contribution < 1.29 is 18.0 Å². The van der Waals surface area contributed by atoms with Crippen LogP contribution in [0.5, 0.6) is 0 Å². The van der Waals surface area contributed by atoms with E-state index in [2.05, 4.69) is 5.32 Å². The van der Waals surface area contributed by atoms with Crippen LogP contribution >= 0.6 is 0 Å². The van der Waals surface area contributed by atoms with Gasteiger partial charge in [0.1, 0.15) is 0 Å². The number of nitrogens with zero attached hydrogens (tertiary/aromatic N) is 2. The Morgan fingerprint density at radius 1 is 1.16 bits per heavy atom. The predicted octanol–water partition coefficient (Wildman–Crippen LogP) is 2.16. The van der Waals surface area contributed by atoms with E-state index in [-0.39, 0.29) is 23.0 Å². The van der Waals surface area contributed by atoms with Crippen molar-refractivity contribution in [2.45, 2.75) is 44.4 Å². The van der Waals surface area contributed by atoms with Gasteiger partial charge in [-0.25, -0.2) is 12.4 Å². The molecule has 1 atom stereocenters. The van der Waals surface area contributed by atoms with Gasteiger partial charge in [0.15, 0.2) is 5.78 Å². The third-order valence-electron chi connectivity index (χ3n) is 6.45. The van der Waals surface area contributed by atoms with Crippen LogP contribution in [0.4, 0.5) is 0 Å².